The number of carbonyl (C=O) groups excluding carboxylic acids is 1. The molecule has 1 aliphatic heterocycles. The standard InChI is InChI=1S/C22H25BrIN3O4/c1-2-30-20-12-17(13-25-26-21(28)14-27-7-9-29-10-8-27)11-19(23)22(20)31-15-16-3-5-18(24)6-4-16/h3-6,11-13H,2,7-10,14-15H2,1H3,(H,26,28)/b25-13+. The van der Waals surface area contributed by atoms with Crippen molar-refractivity contribution in [1.29, 1.82) is 0 Å². The fraction of sp³-hybridized carbons (Fsp3) is 0.364. The topological polar surface area (TPSA) is 72.4 Å². The quantitative estimate of drug-likeness (QED) is 0.269. The molecule has 3 rings (SSSR count). The molecule has 0 radical (unpaired) electrons. The first-order valence-corrected chi connectivity index (χ1v) is 11.9. The van der Waals surface area contributed by atoms with E-state index in [4.69, 9.17) is 14.2 Å². The van der Waals surface area contributed by atoms with Gasteiger partial charge < -0.3 is 14.2 Å². The van der Waals surface area contributed by atoms with Crippen LogP contribution < -0.4 is 14.9 Å². The number of morpholine rings is 1. The van der Waals surface area contributed by atoms with Crippen molar-refractivity contribution in [2.75, 3.05) is 39.5 Å². The highest BCUT2D eigenvalue weighted by Crippen LogP contribution is 2.37. The second-order valence-electron chi connectivity index (χ2n) is 6.86. The molecule has 0 spiro atoms. The lowest BCUT2D eigenvalue weighted by Gasteiger charge is -2.25. The van der Waals surface area contributed by atoms with E-state index in [1.165, 1.54) is 3.57 Å². The van der Waals surface area contributed by atoms with Gasteiger partial charge in [-0.3, -0.25) is 9.69 Å². The summed E-state index contributed by atoms with van der Waals surface area (Å²) in [5.74, 6) is 1.09. The smallest absolute Gasteiger partial charge is 0.254 e. The third-order valence-electron chi connectivity index (χ3n) is 4.50. The minimum atomic E-state index is -0.153. The van der Waals surface area contributed by atoms with Crippen LogP contribution in [-0.2, 0) is 16.1 Å². The van der Waals surface area contributed by atoms with Gasteiger partial charge in [-0.1, -0.05) is 12.1 Å². The number of carbonyl (C=O) groups is 1. The molecule has 0 aromatic heterocycles. The van der Waals surface area contributed by atoms with Gasteiger partial charge in [0.05, 0.1) is 37.1 Å². The Kier molecular flexibility index (Phi) is 9.56. The maximum atomic E-state index is 12.1. The van der Waals surface area contributed by atoms with Gasteiger partial charge in [0.25, 0.3) is 5.91 Å². The van der Waals surface area contributed by atoms with Crippen LogP contribution >= 0.6 is 38.5 Å². The zero-order chi connectivity index (χ0) is 22.1. The number of amides is 1. The fourth-order valence-electron chi connectivity index (χ4n) is 2.98. The number of nitrogens with one attached hydrogen (secondary N) is 1. The average Bonchev–Trinajstić information content (AvgIpc) is 2.75. The van der Waals surface area contributed by atoms with Gasteiger partial charge in [0.1, 0.15) is 6.61 Å². The van der Waals surface area contributed by atoms with E-state index in [1.54, 1.807) is 6.21 Å². The van der Waals surface area contributed by atoms with Crippen LogP contribution in [0.4, 0.5) is 0 Å². The molecule has 1 aliphatic rings. The van der Waals surface area contributed by atoms with Crippen LogP contribution in [-0.4, -0.2) is 56.5 Å². The molecule has 166 valence electrons. The molecule has 31 heavy (non-hydrogen) atoms. The van der Waals surface area contributed by atoms with Gasteiger partial charge in [0.15, 0.2) is 11.5 Å². The van der Waals surface area contributed by atoms with Crippen molar-refractivity contribution in [3.05, 3.63) is 55.6 Å². The Bertz CT molecular complexity index is 902. The second kappa shape index (κ2) is 12.4. The van der Waals surface area contributed by atoms with Crippen LogP contribution in [0, 0.1) is 3.57 Å². The van der Waals surface area contributed by atoms with Gasteiger partial charge in [0, 0.05) is 16.7 Å². The number of benzene rings is 2. The van der Waals surface area contributed by atoms with Crippen LogP contribution in [0.2, 0.25) is 0 Å². The highest BCUT2D eigenvalue weighted by molar-refractivity contribution is 14.1. The molecule has 1 fully saturated rings. The number of hydrogen-bond acceptors (Lipinski definition) is 6. The van der Waals surface area contributed by atoms with Crippen molar-refractivity contribution >= 4 is 50.6 Å². The van der Waals surface area contributed by atoms with E-state index in [9.17, 15) is 4.79 Å². The highest BCUT2D eigenvalue weighted by atomic mass is 127. The SMILES string of the molecule is CCOc1cc(/C=N/NC(=O)CN2CCOCC2)cc(Br)c1OCc1ccc(I)cc1. The lowest BCUT2D eigenvalue weighted by atomic mass is 10.2. The largest absolute Gasteiger partial charge is 0.490 e. The summed E-state index contributed by atoms with van der Waals surface area (Å²) in [5.41, 5.74) is 4.43. The van der Waals surface area contributed by atoms with Crippen molar-refractivity contribution in [1.82, 2.24) is 10.3 Å². The number of hydrogen-bond donors (Lipinski definition) is 1. The lowest BCUT2D eigenvalue weighted by Crippen LogP contribution is -2.42. The number of ether oxygens (including phenoxy) is 3. The third kappa shape index (κ3) is 7.74. The molecule has 1 heterocycles. The molecule has 2 aromatic carbocycles. The Morgan fingerprint density at radius 1 is 1.26 bits per heavy atom. The van der Waals surface area contributed by atoms with Crippen LogP contribution in [0.1, 0.15) is 18.1 Å². The predicted octanol–water partition coefficient (Wildman–Crippen LogP) is 3.81. The first-order valence-electron chi connectivity index (χ1n) is 10.0. The van der Waals surface area contributed by atoms with E-state index in [-0.39, 0.29) is 5.91 Å². The molecule has 0 saturated carbocycles. The summed E-state index contributed by atoms with van der Waals surface area (Å²) in [6, 6.07) is 11.9. The van der Waals surface area contributed by atoms with Gasteiger partial charge in [-0.15, -0.1) is 0 Å². The zero-order valence-corrected chi connectivity index (χ0v) is 21.0. The number of rotatable bonds is 9. The van der Waals surface area contributed by atoms with Crippen molar-refractivity contribution in [2.45, 2.75) is 13.5 Å². The predicted molar refractivity (Wildman–Crippen MR) is 132 cm³/mol. The summed E-state index contributed by atoms with van der Waals surface area (Å²) < 4.78 is 19.0. The van der Waals surface area contributed by atoms with E-state index in [1.807, 2.05) is 48.2 Å². The molecule has 7 nitrogen and oxygen atoms in total. The second-order valence-corrected chi connectivity index (χ2v) is 8.96. The van der Waals surface area contributed by atoms with Crippen LogP contribution in [0.5, 0.6) is 11.5 Å². The summed E-state index contributed by atoms with van der Waals surface area (Å²) in [6.07, 6.45) is 1.59. The summed E-state index contributed by atoms with van der Waals surface area (Å²) in [6.45, 7) is 5.98. The van der Waals surface area contributed by atoms with Crippen molar-refractivity contribution < 1.29 is 19.0 Å². The molecular formula is C22H25BrIN3O4. The van der Waals surface area contributed by atoms with Gasteiger partial charge in [-0.05, 0) is 80.8 Å². The summed E-state index contributed by atoms with van der Waals surface area (Å²) >= 11 is 5.84. The molecule has 9 heteroatoms. The lowest BCUT2D eigenvalue weighted by molar-refractivity contribution is -0.123. The normalized spacial score (nSPS) is 14.5. The molecule has 0 unspecified atom stereocenters. The molecule has 0 atom stereocenters. The van der Waals surface area contributed by atoms with Gasteiger partial charge in [-0.2, -0.15) is 5.10 Å². The van der Waals surface area contributed by atoms with E-state index in [2.05, 4.69) is 49.0 Å². The number of halogens is 2. The fourth-order valence-corrected chi connectivity index (χ4v) is 3.91. The van der Waals surface area contributed by atoms with E-state index in [0.29, 0.717) is 44.5 Å². The van der Waals surface area contributed by atoms with Gasteiger partial charge in [-0.25, -0.2) is 5.43 Å². The van der Waals surface area contributed by atoms with Crippen molar-refractivity contribution in [3.8, 4) is 11.5 Å². The average molecular weight is 602 g/mol. The monoisotopic (exact) mass is 601 g/mol. The molecule has 0 aliphatic carbocycles. The molecule has 2 aromatic rings. The molecular weight excluding hydrogens is 577 g/mol. The maximum Gasteiger partial charge on any atom is 0.254 e. The zero-order valence-electron chi connectivity index (χ0n) is 17.3. The molecule has 1 amide bonds. The maximum absolute atomic E-state index is 12.1. The Morgan fingerprint density at radius 3 is 2.71 bits per heavy atom. The Morgan fingerprint density at radius 2 is 2.00 bits per heavy atom. The van der Waals surface area contributed by atoms with Crippen LogP contribution in [0.25, 0.3) is 0 Å². The van der Waals surface area contributed by atoms with E-state index in [0.717, 1.165) is 28.7 Å². The van der Waals surface area contributed by atoms with Crippen molar-refractivity contribution in [2.24, 2.45) is 5.10 Å². The highest BCUT2D eigenvalue weighted by Gasteiger charge is 2.14. The summed E-state index contributed by atoms with van der Waals surface area (Å²) in [4.78, 5) is 14.1. The van der Waals surface area contributed by atoms with E-state index < -0.39 is 0 Å². The third-order valence-corrected chi connectivity index (χ3v) is 5.81. The van der Waals surface area contributed by atoms with Gasteiger partial charge in [0.2, 0.25) is 0 Å². The van der Waals surface area contributed by atoms with Crippen LogP contribution in [0.15, 0.2) is 46.0 Å². The van der Waals surface area contributed by atoms with E-state index >= 15 is 0 Å². The molecule has 1 saturated heterocycles. The van der Waals surface area contributed by atoms with Gasteiger partial charge >= 0.3 is 0 Å². The molecule has 1 N–H and O–H groups in total. The van der Waals surface area contributed by atoms with Crippen molar-refractivity contribution in [3.63, 3.8) is 0 Å². The first kappa shape index (κ1) is 24.0. The Labute approximate surface area is 204 Å². The number of nitrogens with zero attached hydrogens (tertiary/aromatic N) is 2. The first-order chi connectivity index (χ1) is 15.0. The Hall–Kier alpha value is -1.69. The molecule has 0 bridgehead atoms. The minimum Gasteiger partial charge on any atom is -0.490 e. The summed E-state index contributed by atoms with van der Waals surface area (Å²) in [5, 5.41) is 4.08. The van der Waals surface area contributed by atoms with Crippen LogP contribution in [0.3, 0.4) is 0 Å². The minimum absolute atomic E-state index is 0.153. The number of hydrazone groups is 1. The summed E-state index contributed by atoms with van der Waals surface area (Å²) in [7, 11) is 0. The Balaban J connectivity index is 1.62.